The second kappa shape index (κ2) is 7.61. The van der Waals surface area contributed by atoms with Crippen molar-refractivity contribution in [2.45, 2.75) is 12.2 Å². The molecule has 2 atom stereocenters. The molecule has 0 aromatic rings. The van der Waals surface area contributed by atoms with Crippen molar-refractivity contribution >= 4 is 11.9 Å². The number of aliphatic hydroxyl groups is 2. The summed E-state index contributed by atoms with van der Waals surface area (Å²) in [5.41, 5.74) is 0. The Hall–Kier alpha value is -1.66. The first-order valence-corrected chi connectivity index (χ1v) is 4.46. The maximum Gasteiger partial charge on any atom is 0.330 e. The van der Waals surface area contributed by atoms with Crippen molar-refractivity contribution in [1.82, 2.24) is 0 Å². The molecule has 0 amide bonds. The highest BCUT2D eigenvalue weighted by Crippen LogP contribution is 2.02. The van der Waals surface area contributed by atoms with Gasteiger partial charge in [-0.1, -0.05) is 13.2 Å². The molecule has 0 heterocycles. The molecule has 0 saturated heterocycles. The highest BCUT2D eigenvalue weighted by molar-refractivity contribution is 5.82. The van der Waals surface area contributed by atoms with Gasteiger partial charge in [0.05, 0.1) is 6.61 Å². The van der Waals surface area contributed by atoms with Gasteiger partial charge in [-0.2, -0.15) is 0 Å². The van der Waals surface area contributed by atoms with E-state index in [9.17, 15) is 14.7 Å². The van der Waals surface area contributed by atoms with Gasteiger partial charge in [-0.05, 0) is 0 Å². The van der Waals surface area contributed by atoms with E-state index in [1.807, 2.05) is 0 Å². The minimum atomic E-state index is -1.33. The summed E-state index contributed by atoms with van der Waals surface area (Å²) in [5.74, 6) is -1.50. The summed E-state index contributed by atoms with van der Waals surface area (Å²) in [7, 11) is 0. The molecule has 2 N–H and O–H groups in total. The van der Waals surface area contributed by atoms with Gasteiger partial charge >= 0.3 is 11.9 Å². The van der Waals surface area contributed by atoms with E-state index < -0.39 is 30.8 Å². The summed E-state index contributed by atoms with van der Waals surface area (Å²) in [6.45, 7) is 5.34. The van der Waals surface area contributed by atoms with Crippen LogP contribution in [0.25, 0.3) is 0 Å². The predicted octanol–water partition coefficient (Wildman–Crippen LogP) is -0.833. The van der Waals surface area contributed by atoms with Gasteiger partial charge in [-0.3, -0.25) is 0 Å². The van der Waals surface area contributed by atoms with E-state index in [1.165, 1.54) is 0 Å². The molecular weight excluding hydrogens is 216 g/mol. The maximum atomic E-state index is 10.9. The summed E-state index contributed by atoms with van der Waals surface area (Å²) >= 11 is 0. The van der Waals surface area contributed by atoms with Crippen LogP contribution in [0.2, 0.25) is 0 Å². The van der Waals surface area contributed by atoms with Crippen molar-refractivity contribution in [3.63, 3.8) is 0 Å². The SMILES string of the molecule is C=CC(=O)OCC(OC(=O)C=C)C(O)CO. The van der Waals surface area contributed by atoms with Gasteiger partial charge in [0.2, 0.25) is 0 Å². The second-order valence-corrected chi connectivity index (χ2v) is 2.76. The Morgan fingerprint density at radius 2 is 1.81 bits per heavy atom. The van der Waals surface area contributed by atoms with Crippen LogP contribution in [-0.4, -0.2) is 47.6 Å². The van der Waals surface area contributed by atoms with Crippen molar-refractivity contribution in [3.8, 4) is 0 Å². The zero-order chi connectivity index (χ0) is 12.6. The van der Waals surface area contributed by atoms with Crippen molar-refractivity contribution in [2.24, 2.45) is 0 Å². The number of hydrogen-bond donors (Lipinski definition) is 2. The van der Waals surface area contributed by atoms with Gasteiger partial charge in [0.15, 0.2) is 6.10 Å². The van der Waals surface area contributed by atoms with Crippen molar-refractivity contribution in [2.75, 3.05) is 13.2 Å². The van der Waals surface area contributed by atoms with Crippen molar-refractivity contribution in [3.05, 3.63) is 25.3 Å². The Kier molecular flexibility index (Phi) is 6.82. The quantitative estimate of drug-likeness (QED) is 0.438. The Bertz CT molecular complexity index is 272. The fourth-order valence-corrected chi connectivity index (χ4v) is 0.762. The molecule has 0 saturated carbocycles. The number of esters is 2. The van der Waals surface area contributed by atoms with E-state index in [1.54, 1.807) is 0 Å². The molecule has 2 unspecified atom stereocenters. The summed E-state index contributed by atoms with van der Waals surface area (Å²) in [6.07, 6.45) is -0.648. The molecule has 90 valence electrons. The van der Waals surface area contributed by atoms with Crippen LogP contribution in [-0.2, 0) is 19.1 Å². The lowest BCUT2D eigenvalue weighted by atomic mass is 10.2. The fourth-order valence-electron chi connectivity index (χ4n) is 0.762. The van der Waals surface area contributed by atoms with E-state index >= 15 is 0 Å². The van der Waals surface area contributed by atoms with Gasteiger partial charge in [0, 0.05) is 12.2 Å². The summed E-state index contributed by atoms with van der Waals surface area (Å²) in [6, 6.07) is 0. The average molecular weight is 230 g/mol. The molecular formula is C10H14O6. The van der Waals surface area contributed by atoms with Gasteiger partial charge < -0.3 is 19.7 Å². The van der Waals surface area contributed by atoms with Crippen LogP contribution < -0.4 is 0 Å². The van der Waals surface area contributed by atoms with Gasteiger partial charge in [0.25, 0.3) is 0 Å². The molecule has 0 radical (unpaired) electrons. The van der Waals surface area contributed by atoms with Crippen molar-refractivity contribution < 1.29 is 29.3 Å². The first kappa shape index (κ1) is 14.3. The third-order valence-corrected chi connectivity index (χ3v) is 1.61. The topological polar surface area (TPSA) is 93.1 Å². The second-order valence-electron chi connectivity index (χ2n) is 2.76. The molecule has 0 fully saturated rings. The van der Waals surface area contributed by atoms with Crippen LogP contribution in [0.1, 0.15) is 0 Å². The minimum absolute atomic E-state index is 0.369. The smallest absolute Gasteiger partial charge is 0.330 e. The maximum absolute atomic E-state index is 10.9. The number of ether oxygens (including phenoxy) is 2. The largest absolute Gasteiger partial charge is 0.458 e. The van der Waals surface area contributed by atoms with Crippen LogP contribution >= 0.6 is 0 Å². The van der Waals surface area contributed by atoms with Crippen LogP contribution in [0, 0.1) is 0 Å². The summed E-state index contributed by atoms with van der Waals surface area (Å²) in [5, 5.41) is 18.0. The predicted molar refractivity (Wildman–Crippen MR) is 54.3 cm³/mol. The molecule has 0 aliphatic carbocycles. The van der Waals surface area contributed by atoms with Crippen LogP contribution in [0.4, 0.5) is 0 Å². The normalized spacial score (nSPS) is 13.4. The summed E-state index contributed by atoms with van der Waals surface area (Å²) < 4.78 is 9.25. The third kappa shape index (κ3) is 5.28. The lowest BCUT2D eigenvalue weighted by molar-refractivity contribution is -0.161. The van der Waals surface area contributed by atoms with E-state index in [0.29, 0.717) is 0 Å². The molecule has 0 aliphatic heterocycles. The molecule has 0 rings (SSSR count). The molecule has 6 nitrogen and oxygen atoms in total. The van der Waals surface area contributed by atoms with E-state index in [4.69, 9.17) is 5.11 Å². The molecule has 0 aromatic carbocycles. The first-order chi connectivity index (χ1) is 7.54. The highest BCUT2D eigenvalue weighted by Gasteiger charge is 2.23. The van der Waals surface area contributed by atoms with Crippen LogP contribution in [0.3, 0.4) is 0 Å². The van der Waals surface area contributed by atoms with Crippen molar-refractivity contribution in [1.29, 1.82) is 0 Å². The van der Waals surface area contributed by atoms with Gasteiger partial charge in [0.1, 0.15) is 12.7 Å². The zero-order valence-corrected chi connectivity index (χ0v) is 8.67. The molecule has 0 spiro atoms. The number of rotatable bonds is 7. The monoisotopic (exact) mass is 230 g/mol. The van der Waals surface area contributed by atoms with Crippen LogP contribution in [0.15, 0.2) is 25.3 Å². The number of hydrogen-bond acceptors (Lipinski definition) is 6. The average Bonchev–Trinajstić information content (AvgIpc) is 2.32. The Balaban J connectivity index is 4.31. The van der Waals surface area contributed by atoms with Gasteiger partial charge in [-0.15, -0.1) is 0 Å². The number of carbonyl (C=O) groups is 2. The first-order valence-electron chi connectivity index (χ1n) is 4.46. The van der Waals surface area contributed by atoms with E-state index in [-0.39, 0.29) is 6.61 Å². The molecule has 0 aliphatic rings. The molecule has 16 heavy (non-hydrogen) atoms. The Labute approximate surface area is 92.8 Å². The number of carbonyl (C=O) groups excluding carboxylic acids is 2. The third-order valence-electron chi connectivity index (χ3n) is 1.61. The lowest BCUT2D eigenvalue weighted by Crippen LogP contribution is -2.37. The van der Waals surface area contributed by atoms with E-state index in [2.05, 4.69) is 22.6 Å². The summed E-state index contributed by atoms with van der Waals surface area (Å²) in [4.78, 5) is 21.6. The minimum Gasteiger partial charge on any atom is -0.458 e. The fraction of sp³-hybridized carbons (Fsp3) is 0.400. The molecule has 0 aromatic heterocycles. The standard InChI is InChI=1S/C10H14O6/c1-3-9(13)15-6-8(7(12)5-11)16-10(14)4-2/h3-4,7-8,11-12H,1-2,5-6H2. The Morgan fingerprint density at radius 3 is 2.25 bits per heavy atom. The van der Waals surface area contributed by atoms with E-state index in [0.717, 1.165) is 12.2 Å². The highest BCUT2D eigenvalue weighted by atomic mass is 16.6. The molecule has 0 bridgehead atoms. The van der Waals surface area contributed by atoms with Crippen LogP contribution in [0.5, 0.6) is 0 Å². The number of aliphatic hydroxyl groups excluding tert-OH is 2. The Morgan fingerprint density at radius 1 is 1.25 bits per heavy atom. The molecule has 6 heteroatoms. The zero-order valence-electron chi connectivity index (χ0n) is 8.67. The van der Waals surface area contributed by atoms with Gasteiger partial charge in [-0.25, -0.2) is 9.59 Å². The lowest BCUT2D eigenvalue weighted by Gasteiger charge is -2.20.